The van der Waals surface area contributed by atoms with Crippen LogP contribution in [0, 0.1) is 6.92 Å². The minimum atomic E-state index is -0.0326. The zero-order valence-corrected chi connectivity index (χ0v) is 13.0. The topological polar surface area (TPSA) is 54.9 Å². The van der Waals surface area contributed by atoms with E-state index in [9.17, 15) is 4.79 Å². The lowest BCUT2D eigenvalue weighted by molar-refractivity contribution is -0.113. The van der Waals surface area contributed by atoms with Crippen LogP contribution < -0.4 is 5.32 Å². The van der Waals surface area contributed by atoms with E-state index in [1.54, 1.807) is 0 Å². The van der Waals surface area contributed by atoms with Gasteiger partial charge in [0.1, 0.15) is 0 Å². The molecule has 0 aliphatic heterocycles. The lowest BCUT2D eigenvalue weighted by Gasteiger charge is -2.04. The molecule has 0 aliphatic carbocycles. The number of carbonyl (C=O) groups excluding carboxylic acids is 1. The van der Waals surface area contributed by atoms with Crippen molar-refractivity contribution in [1.29, 1.82) is 0 Å². The number of anilines is 1. The van der Waals surface area contributed by atoms with Gasteiger partial charge < -0.3 is 5.32 Å². The molecule has 4 nitrogen and oxygen atoms in total. The summed E-state index contributed by atoms with van der Waals surface area (Å²) in [6.07, 6.45) is 1.93. The number of hydrogen-bond donors (Lipinski definition) is 1. The van der Waals surface area contributed by atoms with Crippen LogP contribution in [0.25, 0.3) is 0 Å². The second-order valence-corrected chi connectivity index (χ2v) is 6.50. The summed E-state index contributed by atoms with van der Waals surface area (Å²) in [5.41, 5.74) is 1.99. The molecule has 0 fully saturated rings. The summed E-state index contributed by atoms with van der Waals surface area (Å²) in [6.45, 7) is 2.01. The molecule has 0 unspecified atom stereocenters. The highest BCUT2D eigenvalue weighted by Crippen LogP contribution is 2.23. The lowest BCUT2D eigenvalue weighted by Crippen LogP contribution is -2.13. The number of benzene rings is 1. The van der Waals surface area contributed by atoms with Crippen molar-refractivity contribution >= 4 is 46.7 Å². The van der Waals surface area contributed by atoms with Gasteiger partial charge in [0.2, 0.25) is 11.1 Å². The summed E-state index contributed by atoms with van der Waals surface area (Å²) in [5.74, 6) is 0.312. The van der Waals surface area contributed by atoms with Crippen LogP contribution in [0.3, 0.4) is 0 Å². The van der Waals surface area contributed by atoms with Gasteiger partial charge in [-0.25, -0.2) is 4.98 Å². The van der Waals surface area contributed by atoms with Crippen LogP contribution in [0.15, 0.2) is 33.8 Å². The zero-order chi connectivity index (χ0) is 13.7. The molecule has 0 radical (unpaired) electrons. The first kappa shape index (κ1) is 14.4. The second-order valence-electron chi connectivity index (χ2n) is 3.75. The summed E-state index contributed by atoms with van der Waals surface area (Å²) in [6, 6.07) is 7.74. The van der Waals surface area contributed by atoms with E-state index in [1.807, 2.05) is 37.4 Å². The Kier molecular flexibility index (Phi) is 5.24. The van der Waals surface area contributed by atoms with Crippen LogP contribution in [-0.4, -0.2) is 27.3 Å². The van der Waals surface area contributed by atoms with Crippen LogP contribution in [0.2, 0.25) is 0 Å². The minimum Gasteiger partial charge on any atom is -0.325 e. The first-order valence-corrected chi connectivity index (χ1v) is 8.53. The van der Waals surface area contributed by atoms with E-state index in [2.05, 4.69) is 14.7 Å². The average Bonchev–Trinajstić information content (AvgIpc) is 2.87. The number of nitrogens with zero attached hydrogens (tertiary/aromatic N) is 2. The Bertz CT molecular complexity index is 554. The molecule has 0 saturated heterocycles. The van der Waals surface area contributed by atoms with Crippen molar-refractivity contribution in [3.63, 3.8) is 0 Å². The SMILES string of the molecule is CSc1nsc(SCC(=O)Nc2ccc(C)cc2)n1. The minimum absolute atomic E-state index is 0.0326. The Labute approximate surface area is 124 Å². The van der Waals surface area contributed by atoms with Gasteiger partial charge in [-0.15, -0.1) is 0 Å². The monoisotopic (exact) mass is 311 g/mol. The van der Waals surface area contributed by atoms with Gasteiger partial charge in [-0.05, 0) is 36.8 Å². The molecular formula is C12H13N3OS3. The molecule has 0 atom stereocenters. The molecule has 1 aromatic heterocycles. The molecule has 0 aliphatic rings. The third-order valence-corrected chi connectivity index (χ3v) is 4.73. The van der Waals surface area contributed by atoms with E-state index < -0.39 is 0 Å². The fourth-order valence-corrected chi connectivity index (χ4v) is 3.31. The van der Waals surface area contributed by atoms with Crippen LogP contribution in [-0.2, 0) is 4.79 Å². The maximum absolute atomic E-state index is 11.8. The highest BCUT2D eigenvalue weighted by atomic mass is 32.2. The molecule has 19 heavy (non-hydrogen) atoms. The number of carbonyl (C=O) groups is 1. The Morgan fingerprint density at radius 1 is 1.37 bits per heavy atom. The number of nitrogens with one attached hydrogen (secondary N) is 1. The van der Waals surface area contributed by atoms with Crippen LogP contribution in [0.5, 0.6) is 0 Å². The number of hydrogen-bond acceptors (Lipinski definition) is 6. The normalized spacial score (nSPS) is 10.4. The van der Waals surface area contributed by atoms with Crippen LogP contribution >= 0.6 is 35.1 Å². The van der Waals surface area contributed by atoms with E-state index in [0.717, 1.165) is 15.2 Å². The van der Waals surface area contributed by atoms with Crippen molar-refractivity contribution in [2.75, 3.05) is 17.3 Å². The number of rotatable bonds is 5. The van der Waals surface area contributed by atoms with E-state index in [0.29, 0.717) is 5.75 Å². The molecular weight excluding hydrogens is 298 g/mol. The Balaban J connectivity index is 1.82. The van der Waals surface area contributed by atoms with Gasteiger partial charge in [0, 0.05) is 5.69 Å². The van der Waals surface area contributed by atoms with E-state index >= 15 is 0 Å². The highest BCUT2D eigenvalue weighted by Gasteiger charge is 2.07. The van der Waals surface area contributed by atoms with E-state index in [4.69, 9.17) is 0 Å². The fourth-order valence-electron chi connectivity index (χ4n) is 1.30. The predicted molar refractivity (Wildman–Crippen MR) is 82.2 cm³/mol. The van der Waals surface area contributed by atoms with Crippen molar-refractivity contribution in [3.05, 3.63) is 29.8 Å². The molecule has 7 heteroatoms. The summed E-state index contributed by atoms with van der Waals surface area (Å²) >= 11 is 4.23. The second kappa shape index (κ2) is 6.93. The quantitative estimate of drug-likeness (QED) is 0.859. The molecule has 1 heterocycles. The van der Waals surface area contributed by atoms with Gasteiger partial charge >= 0.3 is 0 Å². The Morgan fingerprint density at radius 3 is 2.74 bits per heavy atom. The molecule has 1 aromatic carbocycles. The van der Waals surface area contributed by atoms with E-state index in [1.165, 1.54) is 40.6 Å². The van der Waals surface area contributed by atoms with Gasteiger partial charge in [-0.3, -0.25) is 4.79 Å². The van der Waals surface area contributed by atoms with Crippen molar-refractivity contribution in [3.8, 4) is 0 Å². The first-order valence-electron chi connectivity index (χ1n) is 5.54. The van der Waals surface area contributed by atoms with E-state index in [-0.39, 0.29) is 5.91 Å². The predicted octanol–water partition coefficient (Wildman–Crippen LogP) is 3.30. The smallest absolute Gasteiger partial charge is 0.234 e. The first-order chi connectivity index (χ1) is 9.17. The number of thioether (sulfide) groups is 2. The third-order valence-electron chi connectivity index (χ3n) is 2.23. The Hall–Kier alpha value is -1.05. The van der Waals surface area contributed by atoms with Crippen molar-refractivity contribution in [2.45, 2.75) is 16.4 Å². The number of aryl methyl sites for hydroxylation is 1. The summed E-state index contributed by atoms with van der Waals surface area (Å²) in [5, 5.41) is 3.61. The molecule has 0 bridgehead atoms. The summed E-state index contributed by atoms with van der Waals surface area (Å²) in [7, 11) is 0. The number of amides is 1. The zero-order valence-electron chi connectivity index (χ0n) is 10.5. The van der Waals surface area contributed by atoms with Crippen LogP contribution in [0.4, 0.5) is 5.69 Å². The van der Waals surface area contributed by atoms with Crippen molar-refractivity contribution in [2.24, 2.45) is 0 Å². The summed E-state index contributed by atoms with van der Waals surface area (Å²) < 4.78 is 4.97. The van der Waals surface area contributed by atoms with Gasteiger partial charge in [0.15, 0.2) is 4.34 Å². The van der Waals surface area contributed by atoms with Crippen molar-refractivity contribution in [1.82, 2.24) is 9.36 Å². The van der Waals surface area contributed by atoms with Crippen LogP contribution in [0.1, 0.15) is 5.56 Å². The fraction of sp³-hybridized carbons (Fsp3) is 0.250. The van der Waals surface area contributed by atoms with Gasteiger partial charge in [0.25, 0.3) is 0 Å². The summed E-state index contributed by atoms with van der Waals surface area (Å²) in [4.78, 5) is 16.0. The molecule has 1 amide bonds. The molecule has 2 rings (SSSR count). The molecule has 0 spiro atoms. The third kappa shape index (κ3) is 4.52. The average molecular weight is 311 g/mol. The molecule has 0 saturated carbocycles. The molecule has 1 N–H and O–H groups in total. The maximum atomic E-state index is 11.8. The number of aromatic nitrogens is 2. The van der Waals surface area contributed by atoms with Crippen molar-refractivity contribution < 1.29 is 4.79 Å². The van der Waals surface area contributed by atoms with Gasteiger partial charge in [-0.2, -0.15) is 4.37 Å². The molecule has 2 aromatic rings. The maximum Gasteiger partial charge on any atom is 0.234 e. The molecule has 100 valence electrons. The Morgan fingerprint density at radius 2 is 2.11 bits per heavy atom. The van der Waals surface area contributed by atoms with Gasteiger partial charge in [-0.1, -0.05) is 41.2 Å². The standard InChI is InChI=1S/C12H13N3OS3/c1-8-3-5-9(6-4-8)13-10(16)7-18-12-14-11(17-2)15-19-12/h3-6H,7H2,1-2H3,(H,13,16). The highest BCUT2D eigenvalue weighted by molar-refractivity contribution is 8.01. The van der Waals surface area contributed by atoms with Gasteiger partial charge in [0.05, 0.1) is 5.75 Å². The lowest BCUT2D eigenvalue weighted by atomic mass is 10.2. The largest absolute Gasteiger partial charge is 0.325 e.